The molecular formula is C22H29NO2. The van der Waals surface area contributed by atoms with Gasteiger partial charge in [0.2, 0.25) is 0 Å². The third-order valence-corrected chi connectivity index (χ3v) is 4.30. The van der Waals surface area contributed by atoms with Crippen LogP contribution in [0.4, 0.5) is 0 Å². The maximum absolute atomic E-state index is 12.3. The third kappa shape index (κ3) is 6.26. The van der Waals surface area contributed by atoms with Gasteiger partial charge in [0.15, 0.2) is 6.10 Å². The van der Waals surface area contributed by atoms with E-state index in [9.17, 15) is 4.79 Å². The van der Waals surface area contributed by atoms with Gasteiger partial charge in [-0.25, -0.2) is 0 Å². The first-order chi connectivity index (χ1) is 12.1. The summed E-state index contributed by atoms with van der Waals surface area (Å²) < 4.78 is 5.84. The zero-order valence-electron chi connectivity index (χ0n) is 15.5. The number of amides is 1. The average molecular weight is 339 g/mol. The maximum atomic E-state index is 12.3. The average Bonchev–Trinajstić information content (AvgIpc) is 2.63. The van der Waals surface area contributed by atoms with Crippen molar-refractivity contribution in [3.8, 4) is 5.75 Å². The van der Waals surface area contributed by atoms with Crippen LogP contribution in [0.1, 0.15) is 43.4 Å². The molecule has 0 aliphatic heterocycles. The first-order valence-electron chi connectivity index (χ1n) is 9.21. The van der Waals surface area contributed by atoms with Crippen molar-refractivity contribution in [2.24, 2.45) is 0 Å². The van der Waals surface area contributed by atoms with Crippen LogP contribution in [0.15, 0.2) is 48.5 Å². The van der Waals surface area contributed by atoms with Crippen molar-refractivity contribution in [1.29, 1.82) is 0 Å². The number of carbonyl (C=O) groups is 1. The molecule has 0 fully saturated rings. The minimum absolute atomic E-state index is 0.0358. The Morgan fingerprint density at radius 1 is 1.08 bits per heavy atom. The van der Waals surface area contributed by atoms with Gasteiger partial charge in [-0.3, -0.25) is 4.79 Å². The predicted molar refractivity (Wildman–Crippen MR) is 103 cm³/mol. The van der Waals surface area contributed by atoms with E-state index >= 15 is 0 Å². The second-order valence-electron chi connectivity index (χ2n) is 6.40. The fourth-order valence-corrected chi connectivity index (χ4v) is 2.78. The molecule has 0 saturated carbocycles. The van der Waals surface area contributed by atoms with E-state index in [1.807, 2.05) is 31.2 Å². The van der Waals surface area contributed by atoms with E-state index in [-0.39, 0.29) is 5.91 Å². The van der Waals surface area contributed by atoms with E-state index < -0.39 is 6.10 Å². The van der Waals surface area contributed by atoms with Crippen LogP contribution in [0, 0.1) is 6.92 Å². The van der Waals surface area contributed by atoms with Crippen molar-refractivity contribution >= 4 is 5.91 Å². The highest BCUT2D eigenvalue weighted by atomic mass is 16.5. The first-order valence-corrected chi connectivity index (χ1v) is 9.21. The minimum Gasteiger partial charge on any atom is -0.481 e. The van der Waals surface area contributed by atoms with Gasteiger partial charge < -0.3 is 10.1 Å². The number of ether oxygens (including phenoxy) is 1. The van der Waals surface area contributed by atoms with Gasteiger partial charge in [0.25, 0.3) is 5.91 Å². The lowest BCUT2D eigenvalue weighted by Crippen LogP contribution is -2.38. The second kappa shape index (κ2) is 9.87. The molecule has 0 heterocycles. The van der Waals surface area contributed by atoms with Crippen molar-refractivity contribution in [1.82, 2.24) is 5.32 Å². The summed E-state index contributed by atoms with van der Waals surface area (Å²) in [6.45, 7) is 6.86. The smallest absolute Gasteiger partial charge is 0.261 e. The summed E-state index contributed by atoms with van der Waals surface area (Å²) in [7, 11) is 0. The van der Waals surface area contributed by atoms with Gasteiger partial charge in [-0.05, 0) is 55.9 Å². The van der Waals surface area contributed by atoms with Gasteiger partial charge in [-0.2, -0.15) is 0 Å². The van der Waals surface area contributed by atoms with Crippen molar-refractivity contribution in [3.05, 3.63) is 65.2 Å². The summed E-state index contributed by atoms with van der Waals surface area (Å²) in [5, 5.41) is 3.00. The number of hydrogen-bond donors (Lipinski definition) is 1. The van der Waals surface area contributed by atoms with E-state index in [1.165, 1.54) is 16.7 Å². The summed E-state index contributed by atoms with van der Waals surface area (Å²) in [4.78, 5) is 12.3. The molecule has 0 saturated heterocycles. The number of nitrogens with one attached hydrogen (secondary N) is 1. The van der Waals surface area contributed by atoms with Crippen LogP contribution in [-0.2, 0) is 17.6 Å². The summed E-state index contributed by atoms with van der Waals surface area (Å²) in [6, 6.07) is 16.5. The van der Waals surface area contributed by atoms with E-state index in [4.69, 9.17) is 4.74 Å². The van der Waals surface area contributed by atoms with Crippen LogP contribution in [0.2, 0.25) is 0 Å². The fraction of sp³-hybridized carbons (Fsp3) is 0.409. The molecule has 3 heteroatoms. The molecule has 0 aromatic heterocycles. The molecule has 0 aliphatic carbocycles. The Morgan fingerprint density at radius 2 is 1.84 bits per heavy atom. The highest BCUT2D eigenvalue weighted by molar-refractivity contribution is 5.81. The predicted octanol–water partition coefficient (Wildman–Crippen LogP) is 4.46. The molecule has 2 aromatic rings. The second-order valence-corrected chi connectivity index (χ2v) is 6.40. The molecule has 134 valence electrons. The first kappa shape index (κ1) is 19.0. The lowest BCUT2D eigenvalue weighted by atomic mass is 10.1. The molecule has 1 atom stereocenters. The van der Waals surface area contributed by atoms with Crippen LogP contribution in [0.5, 0.6) is 5.75 Å². The highest BCUT2D eigenvalue weighted by Crippen LogP contribution is 2.15. The maximum Gasteiger partial charge on any atom is 0.261 e. The number of benzene rings is 2. The van der Waals surface area contributed by atoms with Gasteiger partial charge in [0, 0.05) is 6.54 Å². The van der Waals surface area contributed by atoms with Crippen LogP contribution < -0.4 is 10.1 Å². The zero-order chi connectivity index (χ0) is 18.1. The summed E-state index contributed by atoms with van der Waals surface area (Å²) in [5.41, 5.74) is 3.85. The van der Waals surface area contributed by atoms with E-state index in [1.54, 1.807) is 0 Å². The molecule has 25 heavy (non-hydrogen) atoms. The Balaban J connectivity index is 1.77. The van der Waals surface area contributed by atoms with E-state index in [0.29, 0.717) is 13.0 Å². The number of carbonyl (C=O) groups excluding carboxylic acids is 1. The minimum atomic E-state index is -0.438. The number of hydrogen-bond acceptors (Lipinski definition) is 2. The van der Waals surface area contributed by atoms with Crippen LogP contribution >= 0.6 is 0 Å². The molecule has 1 N–H and O–H groups in total. The Morgan fingerprint density at radius 3 is 2.48 bits per heavy atom. The van der Waals surface area contributed by atoms with Crippen molar-refractivity contribution in [2.45, 2.75) is 52.6 Å². The quantitative estimate of drug-likeness (QED) is 0.685. The lowest BCUT2D eigenvalue weighted by molar-refractivity contribution is -0.128. The van der Waals surface area contributed by atoms with Crippen molar-refractivity contribution in [3.63, 3.8) is 0 Å². The molecule has 2 rings (SSSR count). The zero-order valence-corrected chi connectivity index (χ0v) is 15.5. The SMILES string of the molecule is CCc1ccc(OC(CC)C(=O)NCCCc2cccc(C)c2)cc1. The Labute approximate surface area is 151 Å². The van der Waals surface area contributed by atoms with Crippen LogP contribution in [0.25, 0.3) is 0 Å². The lowest BCUT2D eigenvalue weighted by Gasteiger charge is -2.17. The molecule has 3 nitrogen and oxygen atoms in total. The Kier molecular flexibility index (Phi) is 7.52. The molecule has 2 aromatic carbocycles. The summed E-state index contributed by atoms with van der Waals surface area (Å²) in [6.07, 6.45) is 3.11. The number of rotatable bonds is 9. The molecule has 0 radical (unpaired) electrons. The fourth-order valence-electron chi connectivity index (χ4n) is 2.78. The monoisotopic (exact) mass is 339 g/mol. The Bertz CT molecular complexity index is 664. The summed E-state index contributed by atoms with van der Waals surface area (Å²) >= 11 is 0. The highest BCUT2D eigenvalue weighted by Gasteiger charge is 2.17. The standard InChI is InChI=1S/C22H29NO2/c1-4-18-11-13-20(14-12-18)25-21(5-2)22(24)23-15-7-10-19-9-6-8-17(3)16-19/h6,8-9,11-14,16,21H,4-5,7,10,15H2,1-3H3,(H,23,24). The number of aryl methyl sites for hydroxylation is 3. The van der Waals surface area contributed by atoms with Gasteiger partial charge >= 0.3 is 0 Å². The van der Waals surface area contributed by atoms with Gasteiger partial charge in [0.05, 0.1) is 0 Å². The topological polar surface area (TPSA) is 38.3 Å². The van der Waals surface area contributed by atoms with Gasteiger partial charge in [0.1, 0.15) is 5.75 Å². The summed E-state index contributed by atoms with van der Waals surface area (Å²) in [5.74, 6) is 0.713. The van der Waals surface area contributed by atoms with Crippen molar-refractivity contribution < 1.29 is 9.53 Å². The molecular weight excluding hydrogens is 310 g/mol. The molecule has 0 bridgehead atoms. The van der Waals surface area contributed by atoms with Gasteiger partial charge in [-0.15, -0.1) is 0 Å². The van der Waals surface area contributed by atoms with Gasteiger partial charge in [-0.1, -0.05) is 55.8 Å². The molecule has 1 amide bonds. The molecule has 0 spiro atoms. The third-order valence-electron chi connectivity index (χ3n) is 4.30. The van der Waals surface area contributed by atoms with Crippen LogP contribution in [0.3, 0.4) is 0 Å². The van der Waals surface area contributed by atoms with E-state index in [2.05, 4.69) is 43.4 Å². The normalized spacial score (nSPS) is 11.8. The Hall–Kier alpha value is -2.29. The van der Waals surface area contributed by atoms with Crippen LogP contribution in [-0.4, -0.2) is 18.6 Å². The van der Waals surface area contributed by atoms with E-state index in [0.717, 1.165) is 25.0 Å². The molecule has 0 aliphatic rings. The largest absolute Gasteiger partial charge is 0.481 e. The molecule has 1 unspecified atom stereocenters. The van der Waals surface area contributed by atoms with Crippen molar-refractivity contribution in [2.75, 3.05) is 6.54 Å².